The third-order valence-corrected chi connectivity index (χ3v) is 4.16. The van der Waals surface area contributed by atoms with Crippen LogP contribution >= 0.6 is 11.6 Å². The lowest BCUT2D eigenvalue weighted by atomic mass is 10.0. The first kappa shape index (κ1) is 16.5. The number of carbonyl (C=O) groups excluding carboxylic acids is 1. The van der Waals surface area contributed by atoms with Crippen molar-refractivity contribution in [2.24, 2.45) is 0 Å². The van der Waals surface area contributed by atoms with E-state index in [1.165, 1.54) is 4.90 Å². The maximum Gasteiger partial charge on any atom is 0.319 e. The Hall–Kier alpha value is -2.40. The van der Waals surface area contributed by atoms with Gasteiger partial charge in [-0.25, -0.2) is 4.79 Å². The molecule has 0 radical (unpaired) electrons. The monoisotopic (exact) mass is 346 g/mol. The Morgan fingerprint density at radius 3 is 2.75 bits per heavy atom. The summed E-state index contributed by atoms with van der Waals surface area (Å²) in [6, 6.07) is 10.9. The summed E-state index contributed by atoms with van der Waals surface area (Å²) in [6.45, 7) is 1.20. The van der Waals surface area contributed by atoms with E-state index in [0.717, 1.165) is 16.7 Å². The van der Waals surface area contributed by atoms with Crippen molar-refractivity contribution in [3.05, 3.63) is 47.0 Å². The lowest BCUT2D eigenvalue weighted by molar-refractivity contribution is 0.162. The van der Waals surface area contributed by atoms with Crippen molar-refractivity contribution < 1.29 is 14.6 Å². The number of aromatic hydroxyl groups is 1. The fourth-order valence-electron chi connectivity index (χ4n) is 2.78. The predicted octanol–water partition coefficient (Wildman–Crippen LogP) is 3.59. The van der Waals surface area contributed by atoms with Crippen molar-refractivity contribution in [2.75, 3.05) is 27.2 Å². The Balaban J connectivity index is 2.01. The van der Waals surface area contributed by atoms with Crippen molar-refractivity contribution in [3.63, 3.8) is 0 Å². The van der Waals surface area contributed by atoms with Crippen LogP contribution in [-0.4, -0.2) is 48.2 Å². The van der Waals surface area contributed by atoms with E-state index in [9.17, 15) is 9.90 Å². The molecule has 3 rings (SSSR count). The number of benzene rings is 2. The zero-order valence-electron chi connectivity index (χ0n) is 13.6. The van der Waals surface area contributed by atoms with Crippen molar-refractivity contribution in [2.45, 2.75) is 6.54 Å². The van der Waals surface area contributed by atoms with Gasteiger partial charge in [-0.3, -0.25) is 0 Å². The number of phenolic OH excluding ortho intramolecular Hbond substituents is 1. The Bertz CT molecular complexity index is 777. The quantitative estimate of drug-likeness (QED) is 0.858. The first-order chi connectivity index (χ1) is 11.5. The van der Waals surface area contributed by atoms with Crippen LogP contribution in [0, 0.1) is 0 Å². The first-order valence-electron chi connectivity index (χ1n) is 7.66. The highest BCUT2D eigenvalue weighted by Gasteiger charge is 2.23. The third kappa shape index (κ3) is 3.26. The summed E-state index contributed by atoms with van der Waals surface area (Å²) in [7, 11) is 3.43. The number of urea groups is 1. The van der Waals surface area contributed by atoms with E-state index >= 15 is 0 Å². The summed E-state index contributed by atoms with van der Waals surface area (Å²) in [5.74, 6) is 0.511. The van der Waals surface area contributed by atoms with Gasteiger partial charge in [0.1, 0.15) is 6.61 Å². The van der Waals surface area contributed by atoms with Crippen molar-refractivity contribution in [1.82, 2.24) is 9.80 Å². The van der Waals surface area contributed by atoms with Crippen LogP contribution in [0.15, 0.2) is 36.4 Å². The maximum absolute atomic E-state index is 12.3. The molecule has 1 aliphatic heterocycles. The molecule has 0 saturated carbocycles. The van der Waals surface area contributed by atoms with Crippen LogP contribution in [-0.2, 0) is 6.54 Å². The number of halogens is 1. The molecule has 1 aliphatic rings. The zero-order valence-corrected chi connectivity index (χ0v) is 14.4. The molecule has 0 unspecified atom stereocenters. The second kappa shape index (κ2) is 6.61. The van der Waals surface area contributed by atoms with E-state index in [1.807, 2.05) is 24.3 Å². The van der Waals surface area contributed by atoms with Crippen LogP contribution in [0.2, 0.25) is 5.02 Å². The average Bonchev–Trinajstić information content (AvgIpc) is 2.76. The molecule has 2 aromatic rings. The molecule has 0 saturated heterocycles. The molecule has 5 nitrogen and oxygen atoms in total. The molecule has 2 amide bonds. The Morgan fingerprint density at radius 1 is 1.25 bits per heavy atom. The van der Waals surface area contributed by atoms with E-state index in [0.29, 0.717) is 30.5 Å². The zero-order chi connectivity index (χ0) is 17.3. The number of hydrogen-bond acceptors (Lipinski definition) is 3. The summed E-state index contributed by atoms with van der Waals surface area (Å²) >= 11 is 6.06. The maximum atomic E-state index is 12.3. The van der Waals surface area contributed by atoms with Crippen LogP contribution in [0.3, 0.4) is 0 Å². The van der Waals surface area contributed by atoms with Crippen molar-refractivity contribution in [3.8, 4) is 22.6 Å². The Kier molecular flexibility index (Phi) is 4.53. The molecule has 6 heteroatoms. The minimum absolute atomic E-state index is 0.0710. The fourth-order valence-corrected chi connectivity index (χ4v) is 2.97. The van der Waals surface area contributed by atoms with Gasteiger partial charge < -0.3 is 19.6 Å². The molecule has 0 atom stereocenters. The second-order valence-electron chi connectivity index (χ2n) is 5.94. The molecular formula is C18H19ClN2O3. The van der Waals surface area contributed by atoms with Gasteiger partial charge in [0.2, 0.25) is 0 Å². The van der Waals surface area contributed by atoms with Crippen molar-refractivity contribution >= 4 is 17.6 Å². The largest absolute Gasteiger partial charge is 0.504 e. The molecule has 2 aromatic carbocycles. The van der Waals surface area contributed by atoms with E-state index < -0.39 is 0 Å². The highest BCUT2D eigenvalue weighted by atomic mass is 35.5. The number of nitrogens with zero attached hydrogens (tertiary/aromatic N) is 2. The molecule has 1 heterocycles. The van der Waals surface area contributed by atoms with Gasteiger partial charge in [-0.05, 0) is 35.4 Å². The molecule has 0 aliphatic carbocycles. The highest BCUT2D eigenvalue weighted by molar-refractivity contribution is 6.30. The number of rotatable bonds is 1. The normalized spacial score (nSPS) is 13.7. The van der Waals surface area contributed by atoms with Gasteiger partial charge in [0.25, 0.3) is 0 Å². The van der Waals surface area contributed by atoms with Gasteiger partial charge >= 0.3 is 6.03 Å². The summed E-state index contributed by atoms with van der Waals surface area (Å²) < 4.78 is 5.67. The van der Waals surface area contributed by atoms with Crippen LogP contribution < -0.4 is 4.74 Å². The SMILES string of the molecule is CN(C)C(=O)N1CCOc2c(O)cc(-c3cccc(Cl)c3)cc2C1. The summed E-state index contributed by atoms with van der Waals surface area (Å²) in [5, 5.41) is 11.0. The van der Waals surface area contributed by atoms with Crippen LogP contribution in [0.4, 0.5) is 4.79 Å². The van der Waals surface area contributed by atoms with Gasteiger partial charge in [0.15, 0.2) is 11.5 Å². The molecule has 126 valence electrons. The highest BCUT2D eigenvalue weighted by Crippen LogP contribution is 2.38. The Morgan fingerprint density at radius 2 is 2.04 bits per heavy atom. The summed E-state index contributed by atoms with van der Waals surface area (Å²) in [4.78, 5) is 15.5. The first-order valence-corrected chi connectivity index (χ1v) is 8.04. The third-order valence-electron chi connectivity index (χ3n) is 3.93. The van der Waals surface area contributed by atoms with E-state index in [1.54, 1.807) is 31.1 Å². The number of fused-ring (bicyclic) bond motifs is 1. The second-order valence-corrected chi connectivity index (χ2v) is 6.38. The number of ether oxygens (including phenoxy) is 1. The van der Waals surface area contributed by atoms with E-state index in [4.69, 9.17) is 16.3 Å². The average molecular weight is 347 g/mol. The predicted molar refractivity (Wildman–Crippen MR) is 93.5 cm³/mol. The molecular weight excluding hydrogens is 328 g/mol. The van der Waals surface area contributed by atoms with Crippen LogP contribution in [0.25, 0.3) is 11.1 Å². The molecule has 0 fully saturated rings. The smallest absolute Gasteiger partial charge is 0.319 e. The number of carbonyl (C=O) groups is 1. The van der Waals surface area contributed by atoms with Gasteiger partial charge in [-0.15, -0.1) is 0 Å². The molecule has 24 heavy (non-hydrogen) atoms. The minimum Gasteiger partial charge on any atom is -0.504 e. The van der Waals surface area contributed by atoms with E-state index in [2.05, 4.69) is 0 Å². The standard InChI is InChI=1S/C18H19ClN2O3/c1-20(2)18(23)21-6-7-24-17-14(11-21)8-13(10-16(17)22)12-4-3-5-15(19)9-12/h3-5,8-10,22H,6-7,11H2,1-2H3. The summed E-state index contributed by atoms with van der Waals surface area (Å²) in [6.07, 6.45) is 0. The fraction of sp³-hybridized carbons (Fsp3) is 0.278. The lowest BCUT2D eigenvalue weighted by Crippen LogP contribution is -2.39. The molecule has 0 aromatic heterocycles. The molecule has 0 spiro atoms. The number of phenols is 1. The number of hydrogen-bond donors (Lipinski definition) is 1. The van der Waals surface area contributed by atoms with Gasteiger partial charge in [0, 0.05) is 24.7 Å². The lowest BCUT2D eigenvalue weighted by Gasteiger charge is -2.24. The van der Waals surface area contributed by atoms with Gasteiger partial charge in [-0.1, -0.05) is 23.7 Å². The molecule has 1 N–H and O–H groups in total. The summed E-state index contributed by atoms with van der Waals surface area (Å²) in [5.41, 5.74) is 2.50. The Labute approximate surface area is 146 Å². The van der Waals surface area contributed by atoms with Gasteiger partial charge in [-0.2, -0.15) is 0 Å². The number of amides is 2. The van der Waals surface area contributed by atoms with Crippen LogP contribution in [0.1, 0.15) is 5.56 Å². The van der Waals surface area contributed by atoms with Crippen molar-refractivity contribution in [1.29, 1.82) is 0 Å². The molecule has 0 bridgehead atoms. The minimum atomic E-state index is -0.0842. The van der Waals surface area contributed by atoms with Gasteiger partial charge in [0.05, 0.1) is 13.1 Å². The van der Waals surface area contributed by atoms with Crippen LogP contribution in [0.5, 0.6) is 11.5 Å². The topological polar surface area (TPSA) is 53.0 Å². The van der Waals surface area contributed by atoms with E-state index in [-0.39, 0.29) is 11.8 Å².